The number of ether oxygens (including phenoxy) is 2. The van der Waals surface area contributed by atoms with E-state index in [9.17, 15) is 28.8 Å². The molecule has 4 aliphatic heterocycles. The summed E-state index contributed by atoms with van der Waals surface area (Å²) in [5.41, 5.74) is 4.45. The molecule has 5 aromatic rings. The van der Waals surface area contributed by atoms with Crippen molar-refractivity contribution >= 4 is 62.9 Å². The number of nitrogens with one attached hydrogen (secondary N) is 3. The molecular weight excluding hydrogens is 1010 g/mol. The maximum Gasteiger partial charge on any atom is 0.410 e. The third-order valence-electron chi connectivity index (χ3n) is 16.6. The molecule has 0 spiro atoms. The van der Waals surface area contributed by atoms with Gasteiger partial charge in [-0.2, -0.15) is 0 Å². The number of imidazole rings is 1. The van der Waals surface area contributed by atoms with Crippen LogP contribution in [0, 0.1) is 30.6 Å². The van der Waals surface area contributed by atoms with Gasteiger partial charge in [0.2, 0.25) is 17.7 Å². The number of hydrogen-bond donors (Lipinski definition) is 3. The lowest BCUT2D eigenvalue weighted by molar-refractivity contribution is -0.140. The monoisotopic (exact) mass is 1080 g/mol. The van der Waals surface area contributed by atoms with Crippen LogP contribution in [-0.4, -0.2) is 118 Å². The van der Waals surface area contributed by atoms with E-state index in [1.165, 1.54) is 4.57 Å². The van der Waals surface area contributed by atoms with E-state index in [-0.39, 0.29) is 66.8 Å². The van der Waals surface area contributed by atoms with Crippen molar-refractivity contribution in [3.8, 4) is 11.8 Å². The lowest BCUT2D eigenvalue weighted by atomic mass is 9.87. The molecule has 1 aromatic heterocycles. The SMILES string of the molecule is Cc1ccc(N[C@H]2CN(C(=O)OC(C)(C)C)CC2(F)F)cc1C(=O)N[C@H](C)c1ccc(C#CC2CCC(OC3CCN(C(=O)C4CCN(c5ccc6c(c5)n(C)c(=O)n6C5CCC(=O)NC5=O)CC4)CC3)CC2)c2ccccc12. The first-order valence-corrected chi connectivity index (χ1v) is 28.0. The summed E-state index contributed by atoms with van der Waals surface area (Å²) in [5.74, 6) is 3.14. The van der Waals surface area contributed by atoms with Gasteiger partial charge in [-0.05, 0) is 151 Å². The second-order valence-corrected chi connectivity index (χ2v) is 23.3. The summed E-state index contributed by atoms with van der Waals surface area (Å²) >= 11 is 0. The zero-order valence-corrected chi connectivity index (χ0v) is 46.0. The first kappa shape index (κ1) is 55.1. The van der Waals surface area contributed by atoms with E-state index in [1.807, 2.05) is 60.4 Å². The Balaban J connectivity index is 0.676. The van der Waals surface area contributed by atoms with Gasteiger partial charge in [-0.1, -0.05) is 48.2 Å². The van der Waals surface area contributed by atoms with Crippen molar-refractivity contribution in [1.82, 2.24) is 29.6 Å². The molecule has 4 saturated heterocycles. The Hall–Kier alpha value is -7.26. The summed E-state index contributed by atoms with van der Waals surface area (Å²) in [4.78, 5) is 83.2. The number of rotatable bonds is 10. The minimum absolute atomic E-state index is 0.0435. The zero-order chi connectivity index (χ0) is 55.9. The minimum Gasteiger partial charge on any atom is -0.444 e. The lowest BCUT2D eigenvalue weighted by Crippen LogP contribution is -2.47. The number of carbonyl (C=O) groups excluding carboxylic acids is 5. The molecule has 418 valence electrons. The van der Waals surface area contributed by atoms with Crippen LogP contribution in [0.4, 0.5) is 25.0 Å². The number of anilines is 2. The third kappa shape index (κ3) is 12.0. The van der Waals surface area contributed by atoms with Gasteiger partial charge in [-0.15, -0.1) is 0 Å². The molecule has 5 fully saturated rings. The Morgan fingerprint density at radius 2 is 1.52 bits per heavy atom. The lowest BCUT2D eigenvalue weighted by Gasteiger charge is -2.39. The van der Waals surface area contributed by atoms with Crippen LogP contribution < -0.4 is 26.5 Å². The van der Waals surface area contributed by atoms with E-state index in [1.54, 1.807) is 57.5 Å². The number of imide groups is 1. The van der Waals surface area contributed by atoms with Crippen molar-refractivity contribution in [2.24, 2.45) is 18.9 Å². The summed E-state index contributed by atoms with van der Waals surface area (Å²) in [7, 11) is 1.70. The number of aryl methyl sites for hydroxylation is 2. The van der Waals surface area contributed by atoms with Crippen LogP contribution in [0.25, 0.3) is 21.8 Å². The molecule has 5 heterocycles. The van der Waals surface area contributed by atoms with E-state index in [0.29, 0.717) is 40.9 Å². The molecule has 3 N–H and O–H groups in total. The fraction of sp³-hybridized carbons (Fsp3) is 0.508. The van der Waals surface area contributed by atoms with Crippen LogP contribution in [0.5, 0.6) is 0 Å². The van der Waals surface area contributed by atoms with Gasteiger partial charge in [0.1, 0.15) is 17.7 Å². The van der Waals surface area contributed by atoms with E-state index in [0.717, 1.165) is 96.9 Å². The Morgan fingerprint density at radius 1 is 0.810 bits per heavy atom. The Morgan fingerprint density at radius 3 is 2.23 bits per heavy atom. The molecular formula is C61H72F2N8O8. The van der Waals surface area contributed by atoms with Crippen molar-refractivity contribution in [2.45, 2.75) is 141 Å². The van der Waals surface area contributed by atoms with Crippen molar-refractivity contribution in [3.05, 3.63) is 106 Å². The third-order valence-corrected chi connectivity index (χ3v) is 16.6. The molecule has 1 saturated carbocycles. The van der Waals surface area contributed by atoms with Crippen molar-refractivity contribution < 1.29 is 42.2 Å². The van der Waals surface area contributed by atoms with Crippen LogP contribution in [0.2, 0.25) is 0 Å². The predicted molar refractivity (Wildman–Crippen MR) is 298 cm³/mol. The van der Waals surface area contributed by atoms with Gasteiger partial charge in [0, 0.05) is 74.0 Å². The van der Waals surface area contributed by atoms with Gasteiger partial charge < -0.3 is 29.9 Å². The van der Waals surface area contributed by atoms with Crippen LogP contribution in [-0.2, 0) is 30.9 Å². The molecule has 5 aliphatic rings. The molecule has 10 rings (SSSR count). The van der Waals surface area contributed by atoms with Gasteiger partial charge in [0.25, 0.3) is 11.8 Å². The Labute approximate surface area is 459 Å². The number of carbonyl (C=O) groups is 5. The van der Waals surface area contributed by atoms with Gasteiger partial charge in [0.15, 0.2) is 0 Å². The first-order chi connectivity index (χ1) is 37.7. The molecule has 4 aromatic carbocycles. The summed E-state index contributed by atoms with van der Waals surface area (Å²) in [6.07, 6.45) is 6.83. The minimum atomic E-state index is -3.21. The first-order valence-electron chi connectivity index (χ1n) is 28.0. The Kier molecular flexibility index (Phi) is 15.7. The number of amides is 5. The van der Waals surface area contributed by atoms with Crippen molar-refractivity contribution in [1.29, 1.82) is 0 Å². The number of likely N-dealkylation sites (tertiary alicyclic amines) is 2. The van der Waals surface area contributed by atoms with Gasteiger partial charge in [-0.25, -0.2) is 18.4 Å². The van der Waals surface area contributed by atoms with Crippen LogP contribution >= 0.6 is 0 Å². The second-order valence-electron chi connectivity index (χ2n) is 23.3. The number of hydrogen-bond acceptors (Lipinski definition) is 10. The number of nitrogens with zero attached hydrogens (tertiary/aromatic N) is 5. The number of alkyl halides is 2. The molecule has 0 radical (unpaired) electrons. The van der Waals surface area contributed by atoms with Crippen molar-refractivity contribution in [2.75, 3.05) is 49.5 Å². The number of halogens is 2. The molecule has 5 amide bonds. The highest BCUT2D eigenvalue weighted by atomic mass is 19.3. The highest BCUT2D eigenvalue weighted by Gasteiger charge is 2.51. The molecule has 1 unspecified atom stereocenters. The maximum absolute atomic E-state index is 15.2. The van der Waals surface area contributed by atoms with Gasteiger partial charge in [-0.3, -0.25) is 38.5 Å². The fourth-order valence-corrected chi connectivity index (χ4v) is 12.1. The summed E-state index contributed by atoms with van der Waals surface area (Å²) < 4.78 is 45.4. The normalized spacial score (nSPS) is 22.6. The van der Waals surface area contributed by atoms with Gasteiger partial charge in [0.05, 0.1) is 42.4 Å². The average molecular weight is 1080 g/mol. The number of aromatic nitrogens is 2. The number of piperidine rings is 3. The van der Waals surface area contributed by atoms with E-state index in [2.05, 4.69) is 38.8 Å². The zero-order valence-electron chi connectivity index (χ0n) is 46.0. The molecule has 3 atom stereocenters. The Bertz CT molecular complexity index is 3290. The van der Waals surface area contributed by atoms with Gasteiger partial charge >= 0.3 is 11.8 Å². The molecule has 18 heteroatoms. The molecule has 79 heavy (non-hydrogen) atoms. The molecule has 16 nitrogen and oxygen atoms in total. The highest BCUT2D eigenvalue weighted by molar-refractivity contribution is 6.00. The maximum atomic E-state index is 15.2. The largest absolute Gasteiger partial charge is 0.444 e. The molecule has 1 aliphatic carbocycles. The van der Waals surface area contributed by atoms with Crippen LogP contribution in [0.15, 0.2) is 77.6 Å². The standard InChI is InChI=1S/C61H72F2N8O8/c1-37-11-17-42(65-53-35-70(36-61(53,62)63)59(77)79-60(3,4)5)33-49(37)55(73)64-38(2)46-21-16-40(47-9-7-8-10-48(46)47)15-12-39-13-19-44(20-14-39)78-45-27-31-69(32-28-45)57(75)41-25-29-68(30-26-41)43-18-22-50-52(34-43)67(6)58(76)71(50)51-23-24-54(72)66-56(51)74/h7-11,16-18,21-22,33-34,38-39,41,44-45,51,53,65H,13-14,19-20,23-32,35-36H2,1-6H3,(H,64,73)(H,66,72,74)/t38-,39?,44?,51?,53+/m1/s1. The summed E-state index contributed by atoms with van der Waals surface area (Å²) in [6.45, 7) is 10.6. The quantitative estimate of drug-likeness (QED) is 0.0906. The second kappa shape index (κ2) is 22.5. The average Bonchev–Trinajstić information content (AvgIpc) is 4.13. The predicted octanol–water partition coefficient (Wildman–Crippen LogP) is 8.77. The van der Waals surface area contributed by atoms with E-state index >= 15 is 8.78 Å². The number of fused-ring (bicyclic) bond motifs is 2. The highest BCUT2D eigenvalue weighted by Crippen LogP contribution is 2.35. The number of benzene rings is 4. The summed E-state index contributed by atoms with van der Waals surface area (Å²) in [5, 5.41) is 10.3. The van der Waals surface area contributed by atoms with Crippen LogP contribution in [0.3, 0.4) is 0 Å². The smallest absolute Gasteiger partial charge is 0.410 e. The fourth-order valence-electron chi connectivity index (χ4n) is 12.1. The topological polar surface area (TPSA) is 177 Å². The molecule has 0 bridgehead atoms. The van der Waals surface area contributed by atoms with E-state index < -0.39 is 48.2 Å². The van der Waals surface area contributed by atoms with Crippen molar-refractivity contribution in [3.63, 3.8) is 0 Å². The van der Waals surface area contributed by atoms with Crippen LogP contribution in [0.1, 0.15) is 131 Å². The summed E-state index contributed by atoms with van der Waals surface area (Å²) in [6, 6.07) is 20.4. The van der Waals surface area contributed by atoms with E-state index in [4.69, 9.17) is 9.47 Å².